The van der Waals surface area contributed by atoms with Crippen LogP contribution in [0.2, 0.25) is 0 Å². The first kappa shape index (κ1) is 30.2. The second kappa shape index (κ2) is 14.5. The summed E-state index contributed by atoms with van der Waals surface area (Å²) >= 11 is 4.01. The highest BCUT2D eigenvalue weighted by Crippen LogP contribution is 2.12. The minimum absolute atomic E-state index is 0.0385. The fourth-order valence-corrected chi connectivity index (χ4v) is 3.18. The van der Waals surface area contributed by atoms with Crippen LogP contribution < -0.4 is 27.4 Å². The van der Waals surface area contributed by atoms with Gasteiger partial charge in [0, 0.05) is 18.6 Å². The largest absolute Gasteiger partial charge is 0.508 e. The molecule has 0 aliphatic carbocycles. The number of nitrogens with two attached hydrogens (primary N) is 2. The predicted molar refractivity (Wildman–Crippen MR) is 128 cm³/mol. The van der Waals surface area contributed by atoms with Crippen molar-refractivity contribution in [2.24, 2.45) is 11.5 Å². The second-order valence-corrected chi connectivity index (χ2v) is 8.15. The summed E-state index contributed by atoms with van der Waals surface area (Å²) in [5.41, 5.74) is 11.1. The van der Waals surface area contributed by atoms with Crippen molar-refractivity contribution in [3.8, 4) is 5.75 Å². The number of phenols is 1. The fourth-order valence-electron chi connectivity index (χ4n) is 2.92. The van der Waals surface area contributed by atoms with E-state index in [1.807, 2.05) is 0 Å². The smallest absolute Gasteiger partial charge is 0.326 e. The molecule has 10 N–H and O–H groups in total. The molecule has 1 rings (SSSR count). The normalized spacial score (nSPS) is 13.9. The Kier molecular flexibility index (Phi) is 12.2. The number of primary amides is 1. The van der Waals surface area contributed by atoms with Crippen LogP contribution in [-0.4, -0.2) is 80.8 Å². The van der Waals surface area contributed by atoms with Gasteiger partial charge in [-0.25, -0.2) is 4.79 Å². The minimum atomic E-state index is -1.46. The standard InChI is InChI=1S/C21H29N5O9S/c22-12(8-17(29)30)18(31)25-14(7-10-1-3-11(27)4-2-10)19(32)26-15(9-36)20(33)24-13(21(34)35)5-6-16(23)28/h1-4,12-15,27,36H,5-9,22H2,(H2,23,28)(H,24,33)(H,25,31)(H,26,32)(H,29,30)(H,34,35). The van der Waals surface area contributed by atoms with E-state index in [2.05, 4.69) is 28.6 Å². The van der Waals surface area contributed by atoms with Gasteiger partial charge in [-0.3, -0.25) is 24.0 Å². The molecule has 198 valence electrons. The van der Waals surface area contributed by atoms with Crippen molar-refractivity contribution in [2.45, 2.75) is 49.9 Å². The van der Waals surface area contributed by atoms with Crippen molar-refractivity contribution in [1.29, 1.82) is 0 Å². The molecule has 0 aliphatic rings. The molecule has 4 amide bonds. The number of aromatic hydroxyl groups is 1. The highest BCUT2D eigenvalue weighted by Gasteiger charge is 2.30. The lowest BCUT2D eigenvalue weighted by molar-refractivity contribution is -0.142. The molecule has 36 heavy (non-hydrogen) atoms. The lowest BCUT2D eigenvalue weighted by Crippen LogP contribution is -2.58. The number of amides is 4. The van der Waals surface area contributed by atoms with E-state index in [0.29, 0.717) is 5.56 Å². The molecule has 4 unspecified atom stereocenters. The summed E-state index contributed by atoms with van der Waals surface area (Å²) in [5, 5.41) is 34.5. The van der Waals surface area contributed by atoms with Crippen molar-refractivity contribution in [1.82, 2.24) is 16.0 Å². The first-order valence-electron chi connectivity index (χ1n) is 10.6. The zero-order valence-electron chi connectivity index (χ0n) is 19.0. The van der Waals surface area contributed by atoms with E-state index in [4.69, 9.17) is 16.6 Å². The van der Waals surface area contributed by atoms with Gasteiger partial charge in [-0.15, -0.1) is 0 Å². The van der Waals surface area contributed by atoms with Crippen molar-refractivity contribution in [3.63, 3.8) is 0 Å². The molecule has 14 nitrogen and oxygen atoms in total. The van der Waals surface area contributed by atoms with Crippen LogP contribution in [0.3, 0.4) is 0 Å². The molecule has 0 fully saturated rings. The van der Waals surface area contributed by atoms with Gasteiger partial charge in [0.15, 0.2) is 0 Å². The fraction of sp³-hybridized carbons (Fsp3) is 0.429. The monoisotopic (exact) mass is 527 g/mol. The van der Waals surface area contributed by atoms with E-state index in [0.717, 1.165) is 0 Å². The summed E-state index contributed by atoms with van der Waals surface area (Å²) in [6.07, 6.45) is -1.38. The first-order valence-corrected chi connectivity index (χ1v) is 11.3. The number of nitrogens with one attached hydrogen (secondary N) is 3. The van der Waals surface area contributed by atoms with E-state index in [1.165, 1.54) is 24.3 Å². The summed E-state index contributed by atoms with van der Waals surface area (Å²) in [5.74, 6) is -6.50. The Morgan fingerprint density at radius 2 is 1.39 bits per heavy atom. The van der Waals surface area contributed by atoms with Crippen LogP contribution in [0.25, 0.3) is 0 Å². The average molecular weight is 528 g/mol. The number of carbonyl (C=O) groups is 6. The Morgan fingerprint density at radius 3 is 1.89 bits per heavy atom. The molecule has 1 aromatic carbocycles. The Balaban J connectivity index is 3.01. The summed E-state index contributed by atoms with van der Waals surface area (Å²) in [4.78, 5) is 71.1. The number of phenolic OH excluding ortho intramolecular Hbond substituents is 1. The minimum Gasteiger partial charge on any atom is -0.508 e. The summed E-state index contributed by atoms with van der Waals surface area (Å²) < 4.78 is 0. The molecule has 0 aliphatic heterocycles. The topological polar surface area (TPSA) is 251 Å². The summed E-state index contributed by atoms with van der Waals surface area (Å²) in [6.45, 7) is 0. The molecular formula is C21H29N5O9S. The molecule has 0 radical (unpaired) electrons. The van der Waals surface area contributed by atoms with Gasteiger partial charge in [-0.05, 0) is 24.1 Å². The molecular weight excluding hydrogens is 498 g/mol. The molecule has 1 aromatic rings. The second-order valence-electron chi connectivity index (χ2n) is 7.78. The van der Waals surface area contributed by atoms with Crippen LogP contribution in [0.1, 0.15) is 24.8 Å². The number of thiol groups is 1. The third-order valence-electron chi connectivity index (χ3n) is 4.85. The Morgan fingerprint density at radius 1 is 0.861 bits per heavy atom. The van der Waals surface area contributed by atoms with Gasteiger partial charge in [0.2, 0.25) is 23.6 Å². The number of benzene rings is 1. The molecule has 0 aromatic heterocycles. The first-order chi connectivity index (χ1) is 16.8. The molecule has 0 saturated carbocycles. The van der Waals surface area contributed by atoms with Crippen LogP contribution >= 0.6 is 12.6 Å². The maximum Gasteiger partial charge on any atom is 0.326 e. The van der Waals surface area contributed by atoms with Crippen molar-refractivity contribution < 1.29 is 44.1 Å². The van der Waals surface area contributed by atoms with E-state index in [-0.39, 0.29) is 30.8 Å². The number of hydrogen-bond donors (Lipinski definition) is 9. The maximum atomic E-state index is 13.0. The van der Waals surface area contributed by atoms with Crippen molar-refractivity contribution >= 4 is 48.2 Å². The molecule has 0 saturated heterocycles. The quantitative estimate of drug-likeness (QED) is 0.108. The van der Waals surface area contributed by atoms with Gasteiger partial charge in [-0.1, -0.05) is 12.1 Å². The summed E-state index contributed by atoms with van der Waals surface area (Å²) in [7, 11) is 0. The number of hydrogen-bond acceptors (Lipinski definition) is 9. The van der Waals surface area contributed by atoms with Crippen molar-refractivity contribution in [3.05, 3.63) is 29.8 Å². The highest BCUT2D eigenvalue weighted by atomic mass is 32.1. The van der Waals surface area contributed by atoms with Crippen LogP contribution in [0.15, 0.2) is 24.3 Å². The van der Waals surface area contributed by atoms with Crippen molar-refractivity contribution in [2.75, 3.05) is 5.75 Å². The third kappa shape index (κ3) is 10.6. The molecule has 15 heteroatoms. The average Bonchev–Trinajstić information content (AvgIpc) is 2.79. The number of rotatable bonds is 15. The Bertz CT molecular complexity index is 973. The Labute approximate surface area is 211 Å². The lowest BCUT2D eigenvalue weighted by atomic mass is 10.0. The molecule has 0 heterocycles. The number of aliphatic carboxylic acids is 2. The van der Waals surface area contributed by atoms with Gasteiger partial charge in [0.05, 0.1) is 12.5 Å². The van der Waals surface area contributed by atoms with Crippen LogP contribution in [-0.2, 0) is 35.2 Å². The SMILES string of the molecule is NC(=O)CCC(NC(=O)C(CS)NC(=O)C(Cc1ccc(O)cc1)NC(=O)C(N)CC(=O)O)C(=O)O. The van der Waals surface area contributed by atoms with Crippen LogP contribution in [0.5, 0.6) is 5.75 Å². The summed E-state index contributed by atoms with van der Waals surface area (Å²) in [6, 6.07) is 0.115. The Hall–Kier alpha value is -3.85. The maximum absolute atomic E-state index is 13.0. The number of carboxylic acid groups (broad SMARTS) is 2. The van der Waals surface area contributed by atoms with Gasteiger partial charge in [-0.2, -0.15) is 12.6 Å². The van der Waals surface area contributed by atoms with E-state index in [1.54, 1.807) is 0 Å². The van der Waals surface area contributed by atoms with Crippen LogP contribution in [0, 0.1) is 0 Å². The zero-order chi connectivity index (χ0) is 27.4. The zero-order valence-corrected chi connectivity index (χ0v) is 19.9. The van der Waals surface area contributed by atoms with E-state index < -0.39 is 66.2 Å². The molecule has 4 atom stereocenters. The lowest BCUT2D eigenvalue weighted by Gasteiger charge is -2.24. The van der Waals surface area contributed by atoms with Gasteiger partial charge < -0.3 is 42.7 Å². The highest BCUT2D eigenvalue weighted by molar-refractivity contribution is 7.80. The van der Waals surface area contributed by atoms with E-state index >= 15 is 0 Å². The number of carboxylic acids is 2. The number of carbonyl (C=O) groups excluding carboxylic acids is 4. The predicted octanol–water partition coefficient (Wildman–Crippen LogP) is -2.53. The van der Waals surface area contributed by atoms with Gasteiger partial charge in [0.1, 0.15) is 23.9 Å². The van der Waals surface area contributed by atoms with Crippen LogP contribution in [0.4, 0.5) is 0 Å². The van der Waals surface area contributed by atoms with Gasteiger partial charge >= 0.3 is 11.9 Å². The van der Waals surface area contributed by atoms with Gasteiger partial charge in [0.25, 0.3) is 0 Å². The third-order valence-corrected chi connectivity index (χ3v) is 5.22. The van der Waals surface area contributed by atoms with E-state index in [9.17, 15) is 39.0 Å². The molecule has 0 spiro atoms. The molecule has 0 bridgehead atoms.